The summed E-state index contributed by atoms with van der Waals surface area (Å²) >= 11 is 0. The predicted octanol–water partition coefficient (Wildman–Crippen LogP) is 2.48. The third kappa shape index (κ3) is 5.68. The molecule has 0 atom stereocenters. The SMILES string of the molecule is CC.CN(C)Cc1nc(NC(=O)C2CC2)ccc1N1CCC(O)CC1. The number of pyridine rings is 1. The molecule has 1 saturated carbocycles. The Morgan fingerprint density at radius 2 is 1.88 bits per heavy atom. The number of piperidine rings is 1. The molecule has 6 nitrogen and oxygen atoms in total. The number of amides is 1. The van der Waals surface area contributed by atoms with Crippen LogP contribution >= 0.6 is 0 Å². The molecule has 1 saturated heterocycles. The van der Waals surface area contributed by atoms with Crippen molar-refractivity contribution >= 4 is 17.4 Å². The highest BCUT2D eigenvalue weighted by Crippen LogP contribution is 2.31. The summed E-state index contributed by atoms with van der Waals surface area (Å²) in [5.74, 6) is 0.902. The molecule has 1 aliphatic carbocycles. The second-order valence-corrected chi connectivity index (χ2v) is 6.88. The van der Waals surface area contributed by atoms with Gasteiger partial charge in [0.05, 0.1) is 17.5 Å². The Bertz CT molecular complexity index is 565. The van der Waals surface area contributed by atoms with Gasteiger partial charge in [0, 0.05) is 25.6 Å². The molecule has 1 aromatic heterocycles. The topological polar surface area (TPSA) is 68.7 Å². The number of nitrogens with one attached hydrogen (secondary N) is 1. The monoisotopic (exact) mass is 348 g/mol. The van der Waals surface area contributed by atoms with Crippen molar-refractivity contribution in [1.29, 1.82) is 0 Å². The van der Waals surface area contributed by atoms with Gasteiger partial charge in [-0.3, -0.25) is 4.79 Å². The van der Waals surface area contributed by atoms with Crippen LogP contribution in [-0.2, 0) is 11.3 Å². The summed E-state index contributed by atoms with van der Waals surface area (Å²) in [6, 6.07) is 3.94. The van der Waals surface area contributed by atoms with Crippen LogP contribution in [0.4, 0.5) is 11.5 Å². The number of hydrogen-bond donors (Lipinski definition) is 2. The lowest BCUT2D eigenvalue weighted by Gasteiger charge is -2.33. The quantitative estimate of drug-likeness (QED) is 0.856. The number of carbonyl (C=O) groups is 1. The largest absolute Gasteiger partial charge is 0.393 e. The standard InChI is InChI=1S/C17H26N4O2.C2H6/c1-20(2)11-14-15(21-9-7-13(22)8-10-21)5-6-16(18-14)19-17(23)12-3-4-12;1-2/h5-6,12-13,22H,3-4,7-11H2,1-2H3,(H,18,19,23);1-2H3. The number of aliphatic hydroxyl groups excluding tert-OH is 1. The van der Waals surface area contributed by atoms with Crippen molar-refractivity contribution in [2.24, 2.45) is 5.92 Å². The second kappa shape index (κ2) is 9.15. The maximum atomic E-state index is 11.9. The maximum absolute atomic E-state index is 11.9. The fourth-order valence-corrected chi connectivity index (χ4v) is 2.95. The van der Waals surface area contributed by atoms with Crippen molar-refractivity contribution in [3.63, 3.8) is 0 Å². The minimum atomic E-state index is -0.186. The van der Waals surface area contributed by atoms with Crippen LogP contribution < -0.4 is 10.2 Å². The summed E-state index contributed by atoms with van der Waals surface area (Å²) in [5.41, 5.74) is 2.08. The highest BCUT2D eigenvalue weighted by molar-refractivity contribution is 5.93. The molecular formula is C19H32N4O2. The Hall–Kier alpha value is -1.66. The average molecular weight is 348 g/mol. The van der Waals surface area contributed by atoms with Crippen LogP contribution in [0.3, 0.4) is 0 Å². The molecule has 0 spiro atoms. The lowest BCUT2D eigenvalue weighted by atomic mass is 10.1. The van der Waals surface area contributed by atoms with Crippen molar-refractivity contribution < 1.29 is 9.90 Å². The van der Waals surface area contributed by atoms with E-state index < -0.39 is 0 Å². The fraction of sp³-hybridized carbons (Fsp3) is 0.684. The fourth-order valence-electron chi connectivity index (χ4n) is 2.95. The first-order chi connectivity index (χ1) is 12.0. The third-order valence-corrected chi connectivity index (χ3v) is 4.42. The minimum Gasteiger partial charge on any atom is -0.393 e. The van der Waals surface area contributed by atoms with E-state index in [1.165, 1.54) is 0 Å². The van der Waals surface area contributed by atoms with Crippen molar-refractivity contribution in [3.8, 4) is 0 Å². The van der Waals surface area contributed by atoms with Crippen LogP contribution in [0.1, 0.15) is 45.2 Å². The molecule has 25 heavy (non-hydrogen) atoms. The zero-order valence-electron chi connectivity index (χ0n) is 16.0. The van der Waals surface area contributed by atoms with Gasteiger partial charge in [-0.15, -0.1) is 0 Å². The maximum Gasteiger partial charge on any atom is 0.228 e. The Kier molecular flexibility index (Phi) is 7.20. The highest BCUT2D eigenvalue weighted by atomic mass is 16.3. The van der Waals surface area contributed by atoms with Gasteiger partial charge in [0.1, 0.15) is 5.82 Å². The zero-order chi connectivity index (χ0) is 18.4. The number of aliphatic hydroxyl groups is 1. The number of rotatable bonds is 5. The van der Waals surface area contributed by atoms with Crippen molar-refractivity contribution in [2.75, 3.05) is 37.4 Å². The van der Waals surface area contributed by atoms with Gasteiger partial charge in [0.2, 0.25) is 5.91 Å². The molecule has 0 unspecified atom stereocenters. The molecule has 3 rings (SSSR count). The van der Waals surface area contributed by atoms with Crippen LogP contribution in [0.25, 0.3) is 0 Å². The Labute approximate surface area is 151 Å². The number of anilines is 2. The first-order valence-corrected chi connectivity index (χ1v) is 9.41. The van der Waals surface area contributed by atoms with Crippen molar-refractivity contribution in [3.05, 3.63) is 17.8 Å². The van der Waals surface area contributed by atoms with E-state index in [1.807, 2.05) is 40.1 Å². The van der Waals surface area contributed by atoms with Crippen LogP contribution in [-0.4, -0.2) is 54.2 Å². The van der Waals surface area contributed by atoms with Gasteiger partial charge in [-0.2, -0.15) is 0 Å². The molecule has 1 aliphatic heterocycles. The van der Waals surface area contributed by atoms with Gasteiger partial charge < -0.3 is 20.2 Å². The smallest absolute Gasteiger partial charge is 0.228 e. The van der Waals surface area contributed by atoms with Crippen molar-refractivity contribution in [2.45, 2.75) is 52.2 Å². The lowest BCUT2D eigenvalue weighted by Crippen LogP contribution is -2.36. The summed E-state index contributed by atoms with van der Waals surface area (Å²) in [7, 11) is 4.03. The minimum absolute atomic E-state index is 0.0853. The van der Waals surface area contributed by atoms with E-state index in [4.69, 9.17) is 0 Å². The molecule has 2 N–H and O–H groups in total. The summed E-state index contributed by atoms with van der Waals surface area (Å²) in [5, 5.41) is 12.6. The number of nitrogens with zero attached hydrogens (tertiary/aromatic N) is 3. The molecule has 140 valence electrons. The molecule has 2 aliphatic rings. The molecule has 0 radical (unpaired) electrons. The zero-order valence-corrected chi connectivity index (χ0v) is 16.0. The second-order valence-electron chi connectivity index (χ2n) is 6.88. The van der Waals surface area contributed by atoms with E-state index in [2.05, 4.69) is 20.1 Å². The first kappa shape index (κ1) is 19.7. The van der Waals surface area contributed by atoms with Gasteiger partial charge in [-0.05, 0) is 51.9 Å². The average Bonchev–Trinajstić information content (AvgIpc) is 3.42. The molecule has 6 heteroatoms. The van der Waals surface area contributed by atoms with Crippen LogP contribution in [0.2, 0.25) is 0 Å². The summed E-state index contributed by atoms with van der Waals surface area (Å²) in [6.45, 7) is 6.41. The van der Waals surface area contributed by atoms with E-state index in [-0.39, 0.29) is 17.9 Å². The highest BCUT2D eigenvalue weighted by Gasteiger charge is 2.30. The van der Waals surface area contributed by atoms with Gasteiger partial charge in [0.25, 0.3) is 0 Å². The summed E-state index contributed by atoms with van der Waals surface area (Å²) in [4.78, 5) is 21.0. The van der Waals surface area contributed by atoms with Crippen molar-refractivity contribution in [1.82, 2.24) is 9.88 Å². The molecule has 0 bridgehead atoms. The van der Waals surface area contributed by atoms with Crippen LogP contribution in [0.5, 0.6) is 0 Å². The lowest BCUT2D eigenvalue weighted by molar-refractivity contribution is -0.117. The van der Waals surface area contributed by atoms with E-state index in [0.717, 1.165) is 56.7 Å². The summed E-state index contributed by atoms with van der Waals surface area (Å²) in [6.07, 6.45) is 3.38. The first-order valence-electron chi connectivity index (χ1n) is 9.41. The number of carbonyl (C=O) groups excluding carboxylic acids is 1. The van der Waals surface area contributed by atoms with Gasteiger partial charge in [-0.25, -0.2) is 4.98 Å². The molecule has 1 amide bonds. The van der Waals surface area contributed by atoms with E-state index in [0.29, 0.717) is 5.82 Å². The normalized spacial score (nSPS) is 17.9. The molecule has 0 aromatic carbocycles. The van der Waals surface area contributed by atoms with Crippen LogP contribution in [0, 0.1) is 5.92 Å². The Morgan fingerprint density at radius 1 is 1.24 bits per heavy atom. The van der Waals surface area contributed by atoms with E-state index in [9.17, 15) is 9.90 Å². The molecule has 1 aromatic rings. The molecular weight excluding hydrogens is 316 g/mol. The van der Waals surface area contributed by atoms with Gasteiger partial charge in [-0.1, -0.05) is 13.8 Å². The Balaban J connectivity index is 0.00000109. The summed E-state index contributed by atoms with van der Waals surface area (Å²) < 4.78 is 0. The number of hydrogen-bond acceptors (Lipinski definition) is 5. The van der Waals surface area contributed by atoms with Gasteiger partial charge >= 0.3 is 0 Å². The molecule has 2 fully saturated rings. The van der Waals surface area contributed by atoms with E-state index in [1.54, 1.807) is 0 Å². The number of aromatic nitrogens is 1. The van der Waals surface area contributed by atoms with E-state index >= 15 is 0 Å². The third-order valence-electron chi connectivity index (χ3n) is 4.42. The van der Waals surface area contributed by atoms with Gasteiger partial charge in [0.15, 0.2) is 0 Å². The molecule has 2 heterocycles. The Morgan fingerprint density at radius 3 is 2.44 bits per heavy atom. The van der Waals surface area contributed by atoms with Crippen LogP contribution in [0.15, 0.2) is 12.1 Å². The predicted molar refractivity (Wildman–Crippen MR) is 102 cm³/mol.